The van der Waals surface area contributed by atoms with Gasteiger partial charge in [-0.05, 0) is 47.5 Å². The molecule has 20 heavy (non-hydrogen) atoms. The van der Waals surface area contributed by atoms with Crippen LogP contribution >= 0.6 is 15.9 Å². The Hall–Kier alpha value is -1.69. The number of benzene rings is 1. The van der Waals surface area contributed by atoms with E-state index in [0.717, 1.165) is 17.0 Å². The number of halogens is 2. The van der Waals surface area contributed by atoms with Crippen LogP contribution in [0.2, 0.25) is 0 Å². The van der Waals surface area contributed by atoms with Crippen LogP contribution in [-0.4, -0.2) is 22.8 Å². The number of carbonyl (C=O) groups is 1. The van der Waals surface area contributed by atoms with Crippen molar-refractivity contribution in [2.45, 2.75) is 20.3 Å². The van der Waals surface area contributed by atoms with Gasteiger partial charge in [0.15, 0.2) is 5.82 Å². The summed E-state index contributed by atoms with van der Waals surface area (Å²) in [4.78, 5) is 11.8. The van der Waals surface area contributed by atoms with Gasteiger partial charge in [0, 0.05) is 12.1 Å². The zero-order valence-electron chi connectivity index (χ0n) is 11.2. The van der Waals surface area contributed by atoms with Gasteiger partial charge in [0.25, 0.3) is 0 Å². The molecule has 0 unspecified atom stereocenters. The molecule has 0 amide bonds. The maximum Gasteiger partial charge on any atom is 0.341 e. The lowest BCUT2D eigenvalue weighted by Crippen LogP contribution is -2.10. The lowest BCUT2D eigenvalue weighted by molar-refractivity contribution is 0.0503. The SMILES string of the molecule is Cc1n[nH]c(C)c1CCOC(=O)c1cccc(Br)c1F. The summed E-state index contributed by atoms with van der Waals surface area (Å²) in [7, 11) is 0. The lowest BCUT2D eigenvalue weighted by Gasteiger charge is -2.06. The summed E-state index contributed by atoms with van der Waals surface area (Å²) >= 11 is 3.04. The molecule has 2 rings (SSSR count). The Morgan fingerprint density at radius 3 is 2.85 bits per heavy atom. The first-order valence-corrected chi connectivity index (χ1v) is 6.91. The highest BCUT2D eigenvalue weighted by Gasteiger charge is 2.15. The number of nitrogens with one attached hydrogen (secondary N) is 1. The van der Waals surface area contributed by atoms with Crippen molar-refractivity contribution in [2.24, 2.45) is 0 Å². The normalized spacial score (nSPS) is 10.6. The van der Waals surface area contributed by atoms with Crippen LogP contribution in [0, 0.1) is 19.7 Å². The first kappa shape index (κ1) is 14.7. The first-order chi connectivity index (χ1) is 9.50. The Morgan fingerprint density at radius 1 is 1.45 bits per heavy atom. The molecule has 106 valence electrons. The minimum atomic E-state index is -0.664. The predicted molar refractivity (Wildman–Crippen MR) is 76.1 cm³/mol. The second-order valence-electron chi connectivity index (χ2n) is 4.40. The fourth-order valence-electron chi connectivity index (χ4n) is 1.93. The van der Waals surface area contributed by atoms with Gasteiger partial charge in [-0.2, -0.15) is 5.10 Å². The average molecular weight is 341 g/mol. The predicted octanol–water partition coefficient (Wildman–Crippen LogP) is 3.33. The molecule has 0 aliphatic carbocycles. The number of hydrogen-bond donors (Lipinski definition) is 1. The minimum absolute atomic E-state index is 0.0694. The summed E-state index contributed by atoms with van der Waals surface area (Å²) in [5.41, 5.74) is 2.78. The molecule has 4 nitrogen and oxygen atoms in total. The summed E-state index contributed by atoms with van der Waals surface area (Å²) in [6, 6.07) is 4.52. The number of rotatable bonds is 4. The van der Waals surface area contributed by atoms with Gasteiger partial charge in [-0.15, -0.1) is 0 Å². The van der Waals surface area contributed by atoms with Gasteiger partial charge in [-0.1, -0.05) is 6.07 Å². The van der Waals surface area contributed by atoms with Crippen LogP contribution in [0.3, 0.4) is 0 Å². The van der Waals surface area contributed by atoms with Gasteiger partial charge < -0.3 is 4.74 Å². The zero-order chi connectivity index (χ0) is 14.7. The van der Waals surface area contributed by atoms with E-state index < -0.39 is 11.8 Å². The van der Waals surface area contributed by atoms with Crippen molar-refractivity contribution >= 4 is 21.9 Å². The van der Waals surface area contributed by atoms with Crippen LogP contribution in [-0.2, 0) is 11.2 Å². The largest absolute Gasteiger partial charge is 0.462 e. The zero-order valence-corrected chi connectivity index (χ0v) is 12.8. The number of H-pyrrole nitrogens is 1. The van der Waals surface area contributed by atoms with E-state index in [1.165, 1.54) is 12.1 Å². The molecule has 0 aliphatic rings. The van der Waals surface area contributed by atoms with E-state index in [4.69, 9.17) is 4.74 Å². The second-order valence-corrected chi connectivity index (χ2v) is 5.25. The van der Waals surface area contributed by atoms with Crippen LogP contribution in [0.4, 0.5) is 4.39 Å². The van der Waals surface area contributed by atoms with E-state index in [0.29, 0.717) is 6.42 Å². The fraction of sp³-hybridized carbons (Fsp3) is 0.286. The summed E-state index contributed by atoms with van der Waals surface area (Å²) < 4.78 is 19.1. The third-order valence-electron chi connectivity index (χ3n) is 3.04. The summed E-state index contributed by atoms with van der Waals surface area (Å²) in [6.45, 7) is 3.98. The standard InChI is InChI=1S/C14H14BrFN2O2/c1-8-10(9(2)18-17-8)6-7-20-14(19)11-4-3-5-12(15)13(11)16/h3-5H,6-7H2,1-2H3,(H,17,18). The van der Waals surface area contributed by atoms with Crippen LogP contribution in [0.5, 0.6) is 0 Å². The van der Waals surface area contributed by atoms with Gasteiger partial charge in [0.1, 0.15) is 0 Å². The molecule has 0 saturated carbocycles. The first-order valence-electron chi connectivity index (χ1n) is 6.12. The Balaban J connectivity index is 1.98. The smallest absolute Gasteiger partial charge is 0.341 e. The van der Waals surface area contributed by atoms with Gasteiger partial charge in [0.2, 0.25) is 0 Å². The van der Waals surface area contributed by atoms with E-state index in [9.17, 15) is 9.18 Å². The Labute approximate surface area is 124 Å². The minimum Gasteiger partial charge on any atom is -0.462 e. The van der Waals surface area contributed by atoms with Crippen LogP contribution in [0.15, 0.2) is 22.7 Å². The van der Waals surface area contributed by atoms with Gasteiger partial charge in [-0.25, -0.2) is 9.18 Å². The molecular formula is C14H14BrFN2O2. The Morgan fingerprint density at radius 2 is 2.20 bits per heavy atom. The number of aromatic nitrogens is 2. The lowest BCUT2D eigenvalue weighted by atomic mass is 10.1. The van der Waals surface area contributed by atoms with Gasteiger partial charge in [-0.3, -0.25) is 5.10 Å². The molecule has 1 aromatic carbocycles. The van der Waals surface area contributed by atoms with E-state index in [-0.39, 0.29) is 16.6 Å². The highest BCUT2D eigenvalue weighted by molar-refractivity contribution is 9.10. The number of aryl methyl sites for hydroxylation is 2. The van der Waals surface area contributed by atoms with E-state index in [2.05, 4.69) is 26.1 Å². The monoisotopic (exact) mass is 340 g/mol. The third-order valence-corrected chi connectivity index (χ3v) is 3.65. The highest BCUT2D eigenvalue weighted by Crippen LogP contribution is 2.19. The highest BCUT2D eigenvalue weighted by atomic mass is 79.9. The number of carbonyl (C=O) groups excluding carboxylic acids is 1. The summed E-state index contributed by atoms with van der Waals surface area (Å²) in [5.74, 6) is -1.27. The molecular weight excluding hydrogens is 327 g/mol. The molecule has 1 aromatic heterocycles. The number of esters is 1. The number of hydrogen-bond acceptors (Lipinski definition) is 3. The quantitative estimate of drug-likeness (QED) is 0.868. The van der Waals surface area contributed by atoms with E-state index in [1.807, 2.05) is 13.8 Å². The molecule has 1 heterocycles. The van der Waals surface area contributed by atoms with Crippen molar-refractivity contribution in [3.05, 3.63) is 51.0 Å². The Kier molecular flexibility index (Phi) is 4.54. The van der Waals surface area contributed by atoms with Gasteiger partial charge in [0.05, 0.1) is 22.3 Å². The molecule has 2 aromatic rings. The molecule has 0 radical (unpaired) electrons. The molecule has 0 fully saturated rings. The maximum absolute atomic E-state index is 13.7. The average Bonchev–Trinajstić information content (AvgIpc) is 2.73. The van der Waals surface area contributed by atoms with Crippen molar-refractivity contribution in [1.82, 2.24) is 10.2 Å². The molecule has 1 N–H and O–H groups in total. The topological polar surface area (TPSA) is 55.0 Å². The molecule has 0 spiro atoms. The van der Waals surface area contributed by atoms with Crippen LogP contribution in [0.1, 0.15) is 27.3 Å². The second kappa shape index (κ2) is 6.17. The van der Waals surface area contributed by atoms with E-state index in [1.54, 1.807) is 6.07 Å². The number of ether oxygens (including phenoxy) is 1. The maximum atomic E-state index is 13.7. The van der Waals surface area contributed by atoms with Crippen molar-refractivity contribution in [2.75, 3.05) is 6.61 Å². The molecule has 0 aliphatic heterocycles. The molecule has 6 heteroatoms. The van der Waals surface area contributed by atoms with Crippen molar-refractivity contribution in [1.29, 1.82) is 0 Å². The molecule has 0 saturated heterocycles. The summed E-state index contributed by atoms with van der Waals surface area (Å²) in [5, 5.41) is 6.93. The van der Waals surface area contributed by atoms with E-state index >= 15 is 0 Å². The van der Waals surface area contributed by atoms with Gasteiger partial charge >= 0.3 is 5.97 Å². The summed E-state index contributed by atoms with van der Waals surface area (Å²) in [6.07, 6.45) is 0.551. The fourth-order valence-corrected chi connectivity index (χ4v) is 2.29. The van der Waals surface area contributed by atoms with Crippen molar-refractivity contribution in [3.63, 3.8) is 0 Å². The molecule has 0 atom stereocenters. The third kappa shape index (κ3) is 3.07. The van der Waals surface area contributed by atoms with Crippen molar-refractivity contribution in [3.8, 4) is 0 Å². The number of nitrogens with zero attached hydrogens (tertiary/aromatic N) is 1. The van der Waals surface area contributed by atoms with Crippen molar-refractivity contribution < 1.29 is 13.9 Å². The Bertz CT molecular complexity index is 621. The molecule has 0 bridgehead atoms. The van der Waals surface area contributed by atoms with Crippen LogP contribution < -0.4 is 0 Å². The number of aromatic amines is 1. The van der Waals surface area contributed by atoms with Crippen LogP contribution in [0.25, 0.3) is 0 Å².